The topological polar surface area (TPSA) is 68.9 Å². The molecule has 0 bridgehead atoms. The van der Waals surface area contributed by atoms with Gasteiger partial charge in [-0.2, -0.15) is 0 Å². The standard InChI is InChI=1S/C17H24F3N3O2/c1-24-11-10-16(8-4-5-9-16)12-22-15(21)23-13-6-2-3-7-14(13)25-17(18,19)20/h2-3,6-7H,4-5,8-12H2,1H3,(H3,21,22,23). The second-order valence-electron chi connectivity index (χ2n) is 6.32. The minimum absolute atomic E-state index is 0.0598. The Kier molecular flexibility index (Phi) is 6.52. The fraction of sp³-hybridized carbons (Fsp3) is 0.588. The Morgan fingerprint density at radius 2 is 1.96 bits per heavy atom. The van der Waals surface area contributed by atoms with Gasteiger partial charge in [0.05, 0.1) is 5.69 Å². The van der Waals surface area contributed by atoms with E-state index in [0.717, 1.165) is 32.1 Å². The average molecular weight is 359 g/mol. The van der Waals surface area contributed by atoms with Crippen LogP contribution in [-0.2, 0) is 4.74 Å². The number of nitrogens with zero attached hydrogens (tertiary/aromatic N) is 1. The normalized spacial score (nSPS) is 17.5. The minimum atomic E-state index is -4.77. The van der Waals surface area contributed by atoms with Crippen molar-refractivity contribution in [3.63, 3.8) is 0 Å². The summed E-state index contributed by atoms with van der Waals surface area (Å²) >= 11 is 0. The van der Waals surface area contributed by atoms with E-state index in [2.05, 4.69) is 15.0 Å². The number of guanidine groups is 1. The van der Waals surface area contributed by atoms with Gasteiger partial charge in [-0.05, 0) is 36.8 Å². The first-order valence-corrected chi connectivity index (χ1v) is 8.24. The van der Waals surface area contributed by atoms with Crippen LogP contribution in [0.25, 0.3) is 0 Å². The van der Waals surface area contributed by atoms with Crippen molar-refractivity contribution >= 4 is 11.6 Å². The predicted octanol–water partition coefficient (Wildman–Crippen LogP) is 3.91. The van der Waals surface area contributed by atoms with Crippen LogP contribution in [0.1, 0.15) is 32.1 Å². The van der Waals surface area contributed by atoms with Crippen LogP contribution >= 0.6 is 0 Å². The molecule has 0 unspecified atom stereocenters. The molecule has 1 fully saturated rings. The summed E-state index contributed by atoms with van der Waals surface area (Å²) in [5, 5.41) is 2.70. The number of benzene rings is 1. The third kappa shape index (κ3) is 6.12. The SMILES string of the molecule is COCCC1(CN=C(N)Nc2ccccc2OC(F)(F)F)CCCC1. The fourth-order valence-corrected chi connectivity index (χ4v) is 3.14. The lowest BCUT2D eigenvalue weighted by Crippen LogP contribution is -2.28. The van der Waals surface area contributed by atoms with E-state index in [1.165, 1.54) is 18.2 Å². The zero-order valence-corrected chi connectivity index (χ0v) is 14.2. The molecule has 140 valence electrons. The highest BCUT2D eigenvalue weighted by molar-refractivity contribution is 5.93. The molecule has 1 aromatic rings. The zero-order chi connectivity index (χ0) is 18.3. The van der Waals surface area contributed by atoms with Crippen LogP contribution in [0.2, 0.25) is 0 Å². The first kappa shape index (κ1) is 19.4. The number of nitrogens with two attached hydrogens (primary N) is 1. The van der Waals surface area contributed by atoms with Crippen LogP contribution < -0.4 is 15.8 Å². The summed E-state index contributed by atoms with van der Waals surface area (Å²) in [5.74, 6) is -0.273. The maximum atomic E-state index is 12.5. The lowest BCUT2D eigenvalue weighted by atomic mass is 9.83. The summed E-state index contributed by atoms with van der Waals surface area (Å²) < 4.78 is 46.5. The van der Waals surface area contributed by atoms with E-state index < -0.39 is 6.36 Å². The number of methoxy groups -OCH3 is 1. The Hall–Kier alpha value is -1.96. The summed E-state index contributed by atoms with van der Waals surface area (Å²) in [6.45, 7) is 1.18. The van der Waals surface area contributed by atoms with E-state index in [4.69, 9.17) is 10.5 Å². The monoisotopic (exact) mass is 359 g/mol. The average Bonchev–Trinajstić information content (AvgIpc) is 3.01. The van der Waals surface area contributed by atoms with Gasteiger partial charge in [0, 0.05) is 20.3 Å². The number of para-hydroxylation sites is 2. The summed E-state index contributed by atoms with van der Waals surface area (Å²) in [6.07, 6.45) is 0.539. The van der Waals surface area contributed by atoms with Crippen molar-refractivity contribution in [1.29, 1.82) is 0 Å². The molecule has 0 spiro atoms. The summed E-state index contributed by atoms with van der Waals surface area (Å²) in [5.41, 5.74) is 6.06. The molecule has 1 aromatic carbocycles. The molecule has 0 aliphatic heterocycles. The van der Waals surface area contributed by atoms with Gasteiger partial charge in [-0.15, -0.1) is 13.2 Å². The summed E-state index contributed by atoms with van der Waals surface area (Å²) in [4.78, 5) is 4.36. The van der Waals surface area contributed by atoms with E-state index >= 15 is 0 Å². The van der Waals surface area contributed by atoms with E-state index in [-0.39, 0.29) is 22.8 Å². The van der Waals surface area contributed by atoms with Crippen LogP contribution in [0.3, 0.4) is 0 Å². The molecule has 0 amide bonds. The van der Waals surface area contributed by atoms with Crippen molar-refractivity contribution in [2.45, 2.75) is 38.5 Å². The first-order chi connectivity index (χ1) is 11.8. The zero-order valence-electron chi connectivity index (χ0n) is 14.2. The van der Waals surface area contributed by atoms with E-state index in [1.807, 2.05) is 0 Å². The Labute approximate surface area is 145 Å². The van der Waals surface area contributed by atoms with Crippen molar-refractivity contribution in [3.05, 3.63) is 24.3 Å². The Bertz CT molecular complexity index is 585. The molecule has 0 radical (unpaired) electrons. The number of anilines is 1. The van der Waals surface area contributed by atoms with Crippen molar-refractivity contribution < 1.29 is 22.6 Å². The van der Waals surface area contributed by atoms with Crippen LogP contribution in [0, 0.1) is 5.41 Å². The number of aliphatic imine (C=N–C) groups is 1. The maximum absolute atomic E-state index is 12.5. The molecular weight excluding hydrogens is 335 g/mol. The molecule has 1 saturated carbocycles. The number of hydrogen-bond acceptors (Lipinski definition) is 3. The highest BCUT2D eigenvalue weighted by atomic mass is 19.4. The van der Waals surface area contributed by atoms with Crippen LogP contribution in [0.4, 0.5) is 18.9 Å². The lowest BCUT2D eigenvalue weighted by Gasteiger charge is -2.26. The Morgan fingerprint density at radius 1 is 1.28 bits per heavy atom. The van der Waals surface area contributed by atoms with Crippen molar-refractivity contribution in [3.8, 4) is 5.75 Å². The van der Waals surface area contributed by atoms with Gasteiger partial charge in [-0.25, -0.2) is 0 Å². The predicted molar refractivity (Wildman–Crippen MR) is 90.6 cm³/mol. The molecule has 0 heterocycles. The maximum Gasteiger partial charge on any atom is 0.573 e. The quantitative estimate of drug-likeness (QED) is 0.572. The van der Waals surface area contributed by atoms with Crippen molar-refractivity contribution in [2.75, 3.05) is 25.6 Å². The van der Waals surface area contributed by atoms with E-state index in [9.17, 15) is 13.2 Å². The summed E-state index contributed by atoms with van der Waals surface area (Å²) in [7, 11) is 1.67. The number of halogens is 3. The Morgan fingerprint density at radius 3 is 2.60 bits per heavy atom. The lowest BCUT2D eigenvalue weighted by molar-refractivity contribution is -0.274. The molecule has 8 heteroatoms. The first-order valence-electron chi connectivity index (χ1n) is 8.24. The Balaban J connectivity index is 2.03. The molecule has 2 rings (SSSR count). The molecule has 0 atom stereocenters. The highest BCUT2D eigenvalue weighted by Crippen LogP contribution is 2.41. The fourth-order valence-electron chi connectivity index (χ4n) is 3.14. The van der Waals surface area contributed by atoms with Gasteiger partial charge in [-0.3, -0.25) is 4.99 Å². The number of nitrogens with one attached hydrogen (secondary N) is 1. The number of hydrogen-bond donors (Lipinski definition) is 2. The van der Waals surface area contributed by atoms with Crippen LogP contribution in [-0.4, -0.2) is 32.6 Å². The van der Waals surface area contributed by atoms with Gasteiger partial charge in [0.1, 0.15) is 0 Å². The van der Waals surface area contributed by atoms with E-state index in [1.54, 1.807) is 13.2 Å². The molecule has 1 aliphatic rings. The largest absolute Gasteiger partial charge is 0.573 e. The molecular formula is C17H24F3N3O2. The molecule has 1 aliphatic carbocycles. The van der Waals surface area contributed by atoms with Crippen LogP contribution in [0.15, 0.2) is 29.3 Å². The third-order valence-corrected chi connectivity index (χ3v) is 4.46. The van der Waals surface area contributed by atoms with E-state index in [0.29, 0.717) is 13.2 Å². The van der Waals surface area contributed by atoms with Gasteiger partial charge >= 0.3 is 6.36 Å². The second-order valence-corrected chi connectivity index (χ2v) is 6.32. The highest BCUT2D eigenvalue weighted by Gasteiger charge is 2.34. The van der Waals surface area contributed by atoms with Crippen molar-refractivity contribution in [2.24, 2.45) is 16.1 Å². The molecule has 0 aromatic heterocycles. The molecule has 3 N–H and O–H groups in total. The van der Waals surface area contributed by atoms with Crippen LogP contribution in [0.5, 0.6) is 5.75 Å². The van der Waals surface area contributed by atoms with Gasteiger partial charge in [-0.1, -0.05) is 25.0 Å². The van der Waals surface area contributed by atoms with Gasteiger partial charge < -0.3 is 20.5 Å². The third-order valence-electron chi connectivity index (χ3n) is 4.46. The van der Waals surface area contributed by atoms with Gasteiger partial charge in [0.2, 0.25) is 0 Å². The second kappa shape index (κ2) is 8.42. The molecule has 25 heavy (non-hydrogen) atoms. The number of rotatable bonds is 7. The van der Waals surface area contributed by atoms with Gasteiger partial charge in [0.25, 0.3) is 0 Å². The number of ether oxygens (including phenoxy) is 2. The van der Waals surface area contributed by atoms with Gasteiger partial charge in [0.15, 0.2) is 11.7 Å². The minimum Gasteiger partial charge on any atom is -0.404 e. The molecule has 5 nitrogen and oxygen atoms in total. The smallest absolute Gasteiger partial charge is 0.404 e. The van der Waals surface area contributed by atoms with Crippen molar-refractivity contribution in [1.82, 2.24) is 0 Å². The molecule has 0 saturated heterocycles. The number of alkyl halides is 3. The summed E-state index contributed by atoms with van der Waals surface area (Å²) in [6, 6.07) is 5.73.